The standard InChI is InChI=1S/C14H20FN3OS/c1-3-5-16-13-12(7-10(15)8-17-13)14(19)18(2)11-4-6-20-9-11/h7-8,11H,3-6,9H2,1-2H3,(H,16,17). The molecule has 0 bridgehead atoms. The molecule has 0 aromatic carbocycles. The fourth-order valence-corrected chi connectivity index (χ4v) is 3.44. The monoisotopic (exact) mass is 297 g/mol. The molecule has 1 N–H and O–H groups in total. The summed E-state index contributed by atoms with van der Waals surface area (Å²) < 4.78 is 13.4. The summed E-state index contributed by atoms with van der Waals surface area (Å²) in [6.45, 7) is 2.74. The van der Waals surface area contributed by atoms with Gasteiger partial charge < -0.3 is 10.2 Å². The largest absolute Gasteiger partial charge is 0.369 e. The Morgan fingerprint density at radius 2 is 2.45 bits per heavy atom. The van der Waals surface area contributed by atoms with Crippen LogP contribution in [0.4, 0.5) is 10.2 Å². The van der Waals surface area contributed by atoms with E-state index >= 15 is 0 Å². The minimum Gasteiger partial charge on any atom is -0.369 e. The number of nitrogens with zero attached hydrogens (tertiary/aromatic N) is 2. The van der Waals surface area contributed by atoms with E-state index in [1.807, 2.05) is 18.7 Å². The number of pyridine rings is 1. The molecule has 2 rings (SSSR count). The van der Waals surface area contributed by atoms with Gasteiger partial charge in [0.05, 0.1) is 11.8 Å². The second kappa shape index (κ2) is 6.92. The SMILES string of the molecule is CCCNc1ncc(F)cc1C(=O)N(C)C1CCSC1. The smallest absolute Gasteiger partial charge is 0.257 e. The van der Waals surface area contributed by atoms with Crippen molar-refractivity contribution in [3.05, 3.63) is 23.6 Å². The first-order chi connectivity index (χ1) is 9.63. The van der Waals surface area contributed by atoms with E-state index in [9.17, 15) is 9.18 Å². The van der Waals surface area contributed by atoms with Crippen molar-refractivity contribution in [1.82, 2.24) is 9.88 Å². The molecule has 0 spiro atoms. The fourth-order valence-electron chi connectivity index (χ4n) is 2.17. The maximum absolute atomic E-state index is 13.4. The van der Waals surface area contributed by atoms with Crippen molar-refractivity contribution in [2.24, 2.45) is 0 Å². The van der Waals surface area contributed by atoms with Crippen LogP contribution in [0.5, 0.6) is 0 Å². The molecule has 0 aliphatic carbocycles. The van der Waals surface area contributed by atoms with E-state index < -0.39 is 5.82 Å². The molecule has 4 nitrogen and oxygen atoms in total. The van der Waals surface area contributed by atoms with E-state index in [0.717, 1.165) is 30.5 Å². The third kappa shape index (κ3) is 3.42. The number of hydrogen-bond donors (Lipinski definition) is 1. The fraction of sp³-hybridized carbons (Fsp3) is 0.571. The van der Waals surface area contributed by atoms with E-state index in [-0.39, 0.29) is 11.9 Å². The van der Waals surface area contributed by atoms with E-state index in [1.165, 1.54) is 6.07 Å². The number of hydrogen-bond acceptors (Lipinski definition) is 4. The van der Waals surface area contributed by atoms with Crippen molar-refractivity contribution in [2.45, 2.75) is 25.8 Å². The molecule has 1 aromatic rings. The lowest BCUT2D eigenvalue weighted by molar-refractivity contribution is 0.0748. The van der Waals surface area contributed by atoms with Gasteiger partial charge in [-0.1, -0.05) is 6.92 Å². The highest BCUT2D eigenvalue weighted by atomic mass is 32.2. The molecule has 2 heterocycles. The summed E-state index contributed by atoms with van der Waals surface area (Å²) in [5.41, 5.74) is 0.317. The first-order valence-corrected chi connectivity index (χ1v) is 8.03. The van der Waals surface area contributed by atoms with E-state index in [4.69, 9.17) is 0 Å². The highest BCUT2D eigenvalue weighted by molar-refractivity contribution is 7.99. The zero-order chi connectivity index (χ0) is 14.5. The topological polar surface area (TPSA) is 45.2 Å². The number of aromatic nitrogens is 1. The van der Waals surface area contributed by atoms with Gasteiger partial charge in [0.2, 0.25) is 0 Å². The Bertz CT molecular complexity index is 477. The molecule has 1 atom stereocenters. The molecule has 20 heavy (non-hydrogen) atoms. The quantitative estimate of drug-likeness (QED) is 0.907. The van der Waals surface area contributed by atoms with Crippen LogP contribution in [0, 0.1) is 5.82 Å². The average molecular weight is 297 g/mol. The lowest BCUT2D eigenvalue weighted by Crippen LogP contribution is -2.37. The van der Waals surface area contributed by atoms with Crippen molar-refractivity contribution in [1.29, 1.82) is 0 Å². The molecule has 0 saturated carbocycles. The molecule has 110 valence electrons. The van der Waals surface area contributed by atoms with Gasteiger partial charge in [0.1, 0.15) is 11.6 Å². The second-order valence-corrected chi connectivity index (χ2v) is 6.06. The molecule has 1 saturated heterocycles. The number of thioether (sulfide) groups is 1. The van der Waals surface area contributed by atoms with E-state index in [0.29, 0.717) is 17.9 Å². The maximum atomic E-state index is 13.4. The third-order valence-corrected chi connectivity index (χ3v) is 4.55. The Morgan fingerprint density at radius 3 is 3.10 bits per heavy atom. The van der Waals surface area contributed by atoms with Crippen molar-refractivity contribution in [2.75, 3.05) is 30.4 Å². The van der Waals surface area contributed by atoms with Gasteiger partial charge in [0.15, 0.2) is 0 Å². The zero-order valence-electron chi connectivity index (χ0n) is 11.9. The van der Waals surface area contributed by atoms with Crippen LogP contribution >= 0.6 is 11.8 Å². The Labute approximate surface area is 123 Å². The molecule has 0 radical (unpaired) electrons. The average Bonchev–Trinajstić information content (AvgIpc) is 2.98. The van der Waals surface area contributed by atoms with Gasteiger partial charge in [0.25, 0.3) is 5.91 Å². The number of nitrogens with one attached hydrogen (secondary N) is 1. The number of anilines is 1. The molecular formula is C14H20FN3OS. The molecule has 1 amide bonds. The second-order valence-electron chi connectivity index (χ2n) is 4.91. The first kappa shape index (κ1) is 15.1. The normalized spacial score (nSPS) is 18.1. The minimum atomic E-state index is -0.482. The summed E-state index contributed by atoms with van der Waals surface area (Å²) in [5, 5.41) is 3.09. The molecule has 1 aliphatic heterocycles. The van der Waals surface area contributed by atoms with Crippen LogP contribution in [0.3, 0.4) is 0 Å². The first-order valence-electron chi connectivity index (χ1n) is 6.87. The minimum absolute atomic E-state index is 0.164. The predicted molar refractivity (Wildman–Crippen MR) is 80.8 cm³/mol. The number of halogens is 1. The van der Waals surface area contributed by atoms with Gasteiger partial charge >= 0.3 is 0 Å². The van der Waals surface area contributed by atoms with Gasteiger partial charge in [-0.05, 0) is 24.7 Å². The van der Waals surface area contributed by atoms with Gasteiger partial charge in [-0.2, -0.15) is 11.8 Å². The zero-order valence-corrected chi connectivity index (χ0v) is 12.7. The van der Waals surface area contributed by atoms with Crippen molar-refractivity contribution >= 4 is 23.5 Å². The summed E-state index contributed by atoms with van der Waals surface area (Å²) in [7, 11) is 1.79. The lowest BCUT2D eigenvalue weighted by atomic mass is 10.1. The summed E-state index contributed by atoms with van der Waals surface area (Å²) >= 11 is 1.85. The van der Waals surface area contributed by atoms with Crippen LogP contribution < -0.4 is 5.32 Å². The highest BCUT2D eigenvalue weighted by Crippen LogP contribution is 2.24. The Kier molecular flexibility index (Phi) is 5.23. The van der Waals surface area contributed by atoms with Crippen LogP contribution in [0.15, 0.2) is 12.3 Å². The Hall–Kier alpha value is -1.30. The van der Waals surface area contributed by atoms with Crippen molar-refractivity contribution in [3.8, 4) is 0 Å². The predicted octanol–water partition coefficient (Wildman–Crippen LogP) is 2.62. The van der Waals surface area contributed by atoms with E-state index in [2.05, 4.69) is 10.3 Å². The lowest BCUT2D eigenvalue weighted by Gasteiger charge is -2.24. The van der Waals surface area contributed by atoms with Gasteiger partial charge in [-0.3, -0.25) is 4.79 Å². The molecule has 1 aliphatic rings. The molecule has 1 fully saturated rings. The number of amides is 1. The van der Waals surface area contributed by atoms with Gasteiger partial charge in [0, 0.05) is 25.4 Å². The summed E-state index contributed by atoms with van der Waals surface area (Å²) in [4.78, 5) is 18.3. The van der Waals surface area contributed by atoms with Crippen LogP contribution in [-0.4, -0.2) is 46.9 Å². The van der Waals surface area contributed by atoms with E-state index in [1.54, 1.807) is 11.9 Å². The number of carbonyl (C=O) groups is 1. The van der Waals surface area contributed by atoms with Crippen LogP contribution in [0.1, 0.15) is 30.1 Å². The summed E-state index contributed by atoms with van der Waals surface area (Å²) in [5.74, 6) is 1.84. The van der Waals surface area contributed by atoms with Crippen molar-refractivity contribution in [3.63, 3.8) is 0 Å². The molecule has 1 unspecified atom stereocenters. The Morgan fingerprint density at radius 1 is 1.65 bits per heavy atom. The molecular weight excluding hydrogens is 277 g/mol. The molecule has 1 aromatic heterocycles. The maximum Gasteiger partial charge on any atom is 0.257 e. The third-order valence-electron chi connectivity index (χ3n) is 3.40. The van der Waals surface area contributed by atoms with Crippen LogP contribution in [0.2, 0.25) is 0 Å². The number of rotatable bonds is 5. The van der Waals surface area contributed by atoms with Crippen molar-refractivity contribution < 1.29 is 9.18 Å². The van der Waals surface area contributed by atoms with Crippen LogP contribution in [-0.2, 0) is 0 Å². The Balaban J connectivity index is 2.20. The van der Waals surface area contributed by atoms with Gasteiger partial charge in [-0.15, -0.1) is 0 Å². The summed E-state index contributed by atoms with van der Waals surface area (Å²) in [6, 6.07) is 1.50. The highest BCUT2D eigenvalue weighted by Gasteiger charge is 2.26. The number of carbonyl (C=O) groups excluding carboxylic acids is 1. The molecule has 6 heteroatoms. The van der Waals surface area contributed by atoms with Gasteiger partial charge in [-0.25, -0.2) is 9.37 Å². The van der Waals surface area contributed by atoms with Crippen LogP contribution in [0.25, 0.3) is 0 Å². The summed E-state index contributed by atoms with van der Waals surface area (Å²) in [6.07, 6.45) is 3.05.